The Labute approximate surface area is 145 Å². The van der Waals surface area contributed by atoms with Crippen LogP contribution in [0.25, 0.3) is 22.5 Å². The molecule has 1 saturated carbocycles. The summed E-state index contributed by atoms with van der Waals surface area (Å²) in [4.78, 5) is 24.0. The van der Waals surface area contributed by atoms with E-state index >= 15 is 0 Å². The number of hydrogen-bond acceptors (Lipinski definition) is 4. The van der Waals surface area contributed by atoms with Crippen LogP contribution in [0.3, 0.4) is 0 Å². The molecule has 1 aliphatic carbocycles. The van der Waals surface area contributed by atoms with E-state index in [2.05, 4.69) is 20.3 Å². The van der Waals surface area contributed by atoms with Gasteiger partial charge < -0.3 is 15.4 Å². The van der Waals surface area contributed by atoms with E-state index in [4.69, 9.17) is 0 Å². The van der Waals surface area contributed by atoms with Gasteiger partial charge in [0.15, 0.2) is 0 Å². The van der Waals surface area contributed by atoms with Gasteiger partial charge in [0, 0.05) is 23.2 Å². The standard InChI is InChI=1S/C19H18N4O2/c1-11-21-17(13-3-2-4-15(24)9-13)18(22-11)14-7-8-20-16(10-14)23-19(25)12-5-6-12/h2-4,7-10,12,24H,5-6H2,1H3,(H,21,22)(H,20,23,25). The first-order valence-electron chi connectivity index (χ1n) is 8.23. The fraction of sp³-hybridized carbons (Fsp3) is 0.211. The molecule has 1 amide bonds. The molecule has 0 aliphatic heterocycles. The van der Waals surface area contributed by atoms with Crippen LogP contribution in [0.15, 0.2) is 42.6 Å². The van der Waals surface area contributed by atoms with Crippen molar-refractivity contribution in [2.45, 2.75) is 19.8 Å². The molecule has 0 atom stereocenters. The Balaban J connectivity index is 1.71. The highest BCUT2D eigenvalue weighted by Gasteiger charge is 2.29. The molecule has 3 aromatic rings. The van der Waals surface area contributed by atoms with Gasteiger partial charge in [0.05, 0.1) is 11.4 Å². The molecule has 25 heavy (non-hydrogen) atoms. The van der Waals surface area contributed by atoms with Gasteiger partial charge in [-0.15, -0.1) is 0 Å². The molecular weight excluding hydrogens is 316 g/mol. The minimum atomic E-state index is 0.0265. The van der Waals surface area contributed by atoms with Crippen molar-refractivity contribution in [1.82, 2.24) is 15.0 Å². The average molecular weight is 334 g/mol. The van der Waals surface area contributed by atoms with Crippen LogP contribution >= 0.6 is 0 Å². The molecule has 0 bridgehead atoms. The van der Waals surface area contributed by atoms with Crippen LogP contribution < -0.4 is 5.32 Å². The summed E-state index contributed by atoms with van der Waals surface area (Å²) in [6.45, 7) is 1.88. The fourth-order valence-electron chi connectivity index (χ4n) is 2.79. The minimum absolute atomic E-state index is 0.0265. The van der Waals surface area contributed by atoms with Gasteiger partial charge >= 0.3 is 0 Å². The van der Waals surface area contributed by atoms with E-state index in [1.165, 1.54) is 0 Å². The van der Waals surface area contributed by atoms with Crippen molar-refractivity contribution in [2.75, 3.05) is 5.32 Å². The highest BCUT2D eigenvalue weighted by atomic mass is 16.3. The number of aromatic nitrogens is 3. The normalized spacial score (nSPS) is 13.6. The molecule has 1 aliphatic rings. The summed E-state index contributed by atoms with van der Waals surface area (Å²) in [5.74, 6) is 1.65. The quantitative estimate of drug-likeness (QED) is 0.681. The molecule has 0 spiro atoms. The van der Waals surface area contributed by atoms with Gasteiger partial charge in [0.25, 0.3) is 0 Å². The molecule has 4 rings (SSSR count). The maximum absolute atomic E-state index is 12.0. The molecule has 0 radical (unpaired) electrons. The van der Waals surface area contributed by atoms with Crippen LogP contribution in [-0.4, -0.2) is 26.0 Å². The van der Waals surface area contributed by atoms with Crippen molar-refractivity contribution >= 4 is 11.7 Å². The monoisotopic (exact) mass is 334 g/mol. The van der Waals surface area contributed by atoms with E-state index in [-0.39, 0.29) is 17.6 Å². The second-order valence-electron chi connectivity index (χ2n) is 6.29. The predicted octanol–water partition coefficient (Wildman–Crippen LogP) is 3.50. The smallest absolute Gasteiger partial charge is 0.228 e. The average Bonchev–Trinajstić information content (AvgIpc) is 3.37. The number of aryl methyl sites for hydroxylation is 1. The van der Waals surface area contributed by atoms with Crippen LogP contribution in [0.4, 0.5) is 5.82 Å². The first-order valence-corrected chi connectivity index (χ1v) is 8.23. The molecular formula is C19H18N4O2. The molecule has 1 aromatic carbocycles. The number of hydrogen-bond donors (Lipinski definition) is 3. The van der Waals surface area contributed by atoms with Crippen molar-refractivity contribution in [3.05, 3.63) is 48.4 Å². The molecule has 3 N–H and O–H groups in total. The van der Waals surface area contributed by atoms with Gasteiger partial charge in [-0.05, 0) is 44.0 Å². The van der Waals surface area contributed by atoms with Gasteiger partial charge in [-0.1, -0.05) is 12.1 Å². The maximum Gasteiger partial charge on any atom is 0.228 e. The zero-order valence-corrected chi connectivity index (χ0v) is 13.8. The van der Waals surface area contributed by atoms with Gasteiger partial charge in [0.2, 0.25) is 5.91 Å². The number of carbonyl (C=O) groups is 1. The topological polar surface area (TPSA) is 90.9 Å². The number of nitrogens with one attached hydrogen (secondary N) is 2. The number of anilines is 1. The van der Waals surface area contributed by atoms with Gasteiger partial charge in [-0.3, -0.25) is 4.79 Å². The zero-order valence-electron chi connectivity index (χ0n) is 13.8. The van der Waals surface area contributed by atoms with Crippen LogP contribution in [0, 0.1) is 12.8 Å². The number of benzene rings is 1. The number of nitrogens with zero attached hydrogens (tertiary/aromatic N) is 2. The Bertz CT molecular complexity index is 944. The Morgan fingerprint density at radius 2 is 2.08 bits per heavy atom. The molecule has 0 saturated heterocycles. The van der Waals surface area contributed by atoms with Crippen LogP contribution in [0.1, 0.15) is 18.7 Å². The summed E-state index contributed by atoms with van der Waals surface area (Å²) < 4.78 is 0. The third-order valence-corrected chi connectivity index (χ3v) is 4.19. The number of aromatic hydroxyl groups is 1. The number of phenolic OH excluding ortho intramolecular Hbond substituents is 1. The minimum Gasteiger partial charge on any atom is -0.508 e. The van der Waals surface area contributed by atoms with Crippen LogP contribution in [0.2, 0.25) is 0 Å². The van der Waals surface area contributed by atoms with Crippen molar-refractivity contribution in [3.63, 3.8) is 0 Å². The van der Waals surface area contributed by atoms with Gasteiger partial charge in [-0.25, -0.2) is 9.97 Å². The van der Waals surface area contributed by atoms with Crippen molar-refractivity contribution in [2.24, 2.45) is 5.92 Å². The molecule has 126 valence electrons. The lowest BCUT2D eigenvalue weighted by atomic mass is 10.1. The Hall–Kier alpha value is -3.15. The van der Waals surface area contributed by atoms with Crippen molar-refractivity contribution in [1.29, 1.82) is 0 Å². The summed E-state index contributed by atoms with van der Waals surface area (Å²) in [6, 6.07) is 10.7. The Kier molecular flexibility index (Phi) is 3.72. The number of pyridine rings is 1. The van der Waals surface area contributed by atoms with Gasteiger partial charge in [-0.2, -0.15) is 0 Å². The Morgan fingerprint density at radius 1 is 1.24 bits per heavy atom. The zero-order chi connectivity index (χ0) is 17.4. The third kappa shape index (κ3) is 3.24. The second-order valence-corrected chi connectivity index (χ2v) is 6.29. The molecule has 0 unspecified atom stereocenters. The van der Waals surface area contributed by atoms with Crippen LogP contribution in [0.5, 0.6) is 5.75 Å². The fourth-order valence-corrected chi connectivity index (χ4v) is 2.79. The van der Waals surface area contributed by atoms with Gasteiger partial charge in [0.1, 0.15) is 17.4 Å². The van der Waals surface area contributed by atoms with E-state index in [1.54, 1.807) is 24.4 Å². The number of H-pyrrole nitrogens is 1. The third-order valence-electron chi connectivity index (χ3n) is 4.19. The molecule has 2 aromatic heterocycles. The second kappa shape index (κ2) is 6.05. The molecule has 6 heteroatoms. The lowest BCUT2D eigenvalue weighted by molar-refractivity contribution is -0.117. The largest absolute Gasteiger partial charge is 0.508 e. The number of aromatic amines is 1. The number of carbonyl (C=O) groups excluding carboxylic acids is 1. The van der Waals surface area contributed by atoms with E-state index in [1.807, 2.05) is 25.1 Å². The molecule has 6 nitrogen and oxygen atoms in total. The maximum atomic E-state index is 12.0. The first kappa shape index (κ1) is 15.4. The Morgan fingerprint density at radius 3 is 2.84 bits per heavy atom. The van der Waals surface area contributed by atoms with Crippen molar-refractivity contribution < 1.29 is 9.90 Å². The van der Waals surface area contributed by atoms with E-state index in [0.29, 0.717) is 5.82 Å². The summed E-state index contributed by atoms with van der Waals surface area (Å²) >= 11 is 0. The van der Waals surface area contributed by atoms with Crippen LogP contribution in [-0.2, 0) is 4.79 Å². The van der Waals surface area contributed by atoms with E-state index < -0.39 is 0 Å². The van der Waals surface area contributed by atoms with E-state index in [9.17, 15) is 9.90 Å². The number of rotatable bonds is 4. The summed E-state index contributed by atoms with van der Waals surface area (Å²) in [7, 11) is 0. The summed E-state index contributed by atoms with van der Waals surface area (Å²) in [5, 5.41) is 12.6. The SMILES string of the molecule is Cc1nc(-c2cccc(O)c2)c(-c2ccnc(NC(=O)C3CC3)c2)[nH]1. The molecule has 1 fully saturated rings. The lowest BCUT2D eigenvalue weighted by Crippen LogP contribution is -2.14. The lowest BCUT2D eigenvalue weighted by Gasteiger charge is -2.07. The number of phenols is 1. The van der Waals surface area contributed by atoms with E-state index in [0.717, 1.165) is 41.2 Å². The number of imidazole rings is 1. The highest BCUT2D eigenvalue weighted by Crippen LogP contribution is 2.33. The first-order chi connectivity index (χ1) is 12.1. The number of amides is 1. The predicted molar refractivity (Wildman–Crippen MR) is 95.0 cm³/mol. The van der Waals surface area contributed by atoms with Crippen molar-refractivity contribution in [3.8, 4) is 28.3 Å². The molecule has 2 heterocycles. The summed E-state index contributed by atoms with van der Waals surface area (Å²) in [6.07, 6.45) is 3.57. The summed E-state index contributed by atoms with van der Waals surface area (Å²) in [5.41, 5.74) is 3.27. The highest BCUT2D eigenvalue weighted by molar-refractivity contribution is 5.94.